The summed E-state index contributed by atoms with van der Waals surface area (Å²) >= 11 is 1.58. The van der Waals surface area contributed by atoms with E-state index in [0.717, 1.165) is 23.4 Å². The molecule has 5 rings (SSSR count). The quantitative estimate of drug-likeness (QED) is 0.501. The summed E-state index contributed by atoms with van der Waals surface area (Å²) in [7, 11) is 0. The molecule has 0 bridgehead atoms. The minimum absolute atomic E-state index is 0.0727. The third-order valence-electron chi connectivity index (χ3n) is 5.26. The molecule has 0 saturated carbocycles. The number of benzene rings is 1. The maximum Gasteiger partial charge on any atom is 0.248 e. The molecule has 7 heteroatoms. The Morgan fingerprint density at radius 1 is 1.10 bits per heavy atom. The van der Waals surface area contributed by atoms with E-state index in [9.17, 15) is 4.79 Å². The van der Waals surface area contributed by atoms with Crippen molar-refractivity contribution in [1.29, 1.82) is 0 Å². The lowest BCUT2D eigenvalue weighted by molar-refractivity contribution is -0.134. The topological polar surface area (TPSA) is 64.2 Å². The van der Waals surface area contributed by atoms with Crippen molar-refractivity contribution < 1.29 is 9.21 Å². The monoisotopic (exact) mass is 404 g/mol. The van der Waals surface area contributed by atoms with Crippen LogP contribution in [0, 0.1) is 0 Å². The molecular formula is C22H20N4O2S. The summed E-state index contributed by atoms with van der Waals surface area (Å²) in [6.07, 6.45) is 2.86. The Hall–Kier alpha value is -3.19. The second-order valence-electron chi connectivity index (χ2n) is 7.04. The first-order chi connectivity index (χ1) is 14.3. The molecule has 3 aromatic heterocycles. The number of amides is 1. The number of thiophene rings is 1. The van der Waals surface area contributed by atoms with Gasteiger partial charge in [-0.25, -0.2) is 0 Å². The Balaban J connectivity index is 1.33. The first kappa shape index (κ1) is 17.9. The van der Waals surface area contributed by atoms with Crippen LogP contribution in [0.3, 0.4) is 0 Å². The van der Waals surface area contributed by atoms with Crippen molar-refractivity contribution >= 4 is 17.2 Å². The van der Waals surface area contributed by atoms with Gasteiger partial charge < -0.3 is 13.9 Å². The van der Waals surface area contributed by atoms with Crippen LogP contribution in [0.25, 0.3) is 11.5 Å². The number of aryl methyl sites for hydroxylation is 1. The molecule has 0 saturated heterocycles. The zero-order chi connectivity index (χ0) is 19.6. The van der Waals surface area contributed by atoms with Crippen molar-refractivity contribution in [2.24, 2.45) is 0 Å². The van der Waals surface area contributed by atoms with Gasteiger partial charge in [0.25, 0.3) is 0 Å². The molecule has 1 aromatic carbocycles. The van der Waals surface area contributed by atoms with Crippen molar-refractivity contribution in [3.05, 3.63) is 82.6 Å². The Morgan fingerprint density at radius 2 is 2.00 bits per heavy atom. The predicted molar refractivity (Wildman–Crippen MR) is 110 cm³/mol. The second kappa shape index (κ2) is 7.67. The van der Waals surface area contributed by atoms with E-state index in [4.69, 9.17) is 4.42 Å². The number of fused-ring (bicyclic) bond motifs is 1. The number of nitrogens with zero attached hydrogens (tertiary/aromatic N) is 4. The molecular weight excluding hydrogens is 384 g/mol. The van der Waals surface area contributed by atoms with Crippen LogP contribution in [0.5, 0.6) is 0 Å². The lowest BCUT2D eigenvalue weighted by Gasteiger charge is -2.37. The van der Waals surface area contributed by atoms with Gasteiger partial charge >= 0.3 is 0 Å². The van der Waals surface area contributed by atoms with E-state index in [2.05, 4.69) is 39.2 Å². The van der Waals surface area contributed by atoms with Crippen LogP contribution in [0.15, 0.2) is 69.9 Å². The van der Waals surface area contributed by atoms with E-state index in [0.29, 0.717) is 31.2 Å². The maximum atomic E-state index is 13.2. The van der Waals surface area contributed by atoms with E-state index in [1.54, 1.807) is 11.3 Å². The highest BCUT2D eigenvalue weighted by atomic mass is 32.1. The third-order valence-corrected chi connectivity index (χ3v) is 5.94. The van der Waals surface area contributed by atoms with Crippen LogP contribution in [-0.2, 0) is 17.8 Å². The van der Waals surface area contributed by atoms with Crippen LogP contribution in [0.1, 0.15) is 29.6 Å². The number of carbonyl (C=O) groups is 1. The number of rotatable bonds is 5. The minimum Gasteiger partial charge on any atom is -0.421 e. The molecule has 0 radical (unpaired) electrons. The van der Waals surface area contributed by atoms with Crippen molar-refractivity contribution in [3.8, 4) is 11.5 Å². The molecule has 0 fully saturated rings. The summed E-state index contributed by atoms with van der Waals surface area (Å²) in [5.41, 5.74) is 3.19. The first-order valence-corrected chi connectivity index (χ1v) is 10.6. The molecule has 1 aliphatic rings. The highest BCUT2D eigenvalue weighted by Crippen LogP contribution is 2.33. The van der Waals surface area contributed by atoms with Gasteiger partial charge in [0, 0.05) is 48.8 Å². The minimum atomic E-state index is -0.0727. The molecule has 0 spiro atoms. The SMILES string of the molecule is O=C(CCc1nnc(-c2ccsc2)o1)N1CCn2cccc2[C@H]1c1ccccc1. The lowest BCUT2D eigenvalue weighted by atomic mass is 9.99. The predicted octanol–water partition coefficient (Wildman–Crippen LogP) is 4.16. The van der Waals surface area contributed by atoms with Crippen LogP contribution in [0.2, 0.25) is 0 Å². The standard InChI is InChI=1S/C22H20N4O2S/c27-20(9-8-19-23-24-22(28-19)17-10-14-29-15-17)26-13-12-25-11-4-7-18(25)21(26)16-5-2-1-3-6-16/h1-7,10-11,14-15,21H,8-9,12-13H2/t21-/m1/s1. The molecule has 146 valence electrons. The van der Waals surface area contributed by atoms with E-state index < -0.39 is 0 Å². The van der Waals surface area contributed by atoms with Gasteiger partial charge in [0.05, 0.1) is 6.04 Å². The molecule has 4 heterocycles. The van der Waals surface area contributed by atoms with Gasteiger partial charge in [-0.15, -0.1) is 10.2 Å². The fraction of sp³-hybridized carbons (Fsp3) is 0.227. The molecule has 1 aliphatic heterocycles. The van der Waals surface area contributed by atoms with Crippen LogP contribution in [0.4, 0.5) is 0 Å². The summed E-state index contributed by atoms with van der Waals surface area (Å²) in [6, 6.07) is 16.2. The Bertz CT molecular complexity index is 1100. The van der Waals surface area contributed by atoms with Crippen LogP contribution >= 0.6 is 11.3 Å². The molecule has 6 nitrogen and oxygen atoms in total. The van der Waals surface area contributed by atoms with Gasteiger partial charge in [-0.3, -0.25) is 4.79 Å². The summed E-state index contributed by atoms with van der Waals surface area (Å²) in [4.78, 5) is 15.1. The average Bonchev–Trinajstić information content (AvgIpc) is 3.52. The van der Waals surface area contributed by atoms with E-state index in [1.165, 1.54) is 0 Å². The Kier molecular flexibility index (Phi) is 4.73. The van der Waals surface area contributed by atoms with Gasteiger partial charge in [0.2, 0.25) is 17.7 Å². The molecule has 1 atom stereocenters. The van der Waals surface area contributed by atoms with E-state index >= 15 is 0 Å². The first-order valence-electron chi connectivity index (χ1n) is 9.64. The highest BCUT2D eigenvalue weighted by molar-refractivity contribution is 7.08. The highest BCUT2D eigenvalue weighted by Gasteiger charge is 2.31. The Labute approximate surface area is 172 Å². The smallest absolute Gasteiger partial charge is 0.248 e. The lowest BCUT2D eigenvalue weighted by Crippen LogP contribution is -2.42. The van der Waals surface area contributed by atoms with Crippen LogP contribution in [-0.4, -0.2) is 32.1 Å². The van der Waals surface area contributed by atoms with Crippen molar-refractivity contribution in [3.63, 3.8) is 0 Å². The summed E-state index contributed by atoms with van der Waals surface area (Å²) in [6.45, 7) is 1.49. The van der Waals surface area contributed by atoms with Crippen molar-refractivity contribution in [1.82, 2.24) is 19.7 Å². The number of hydrogen-bond acceptors (Lipinski definition) is 5. The number of aromatic nitrogens is 3. The third kappa shape index (κ3) is 3.49. The fourth-order valence-electron chi connectivity index (χ4n) is 3.85. The van der Waals surface area contributed by atoms with E-state index in [1.807, 2.05) is 46.0 Å². The zero-order valence-electron chi connectivity index (χ0n) is 15.8. The number of carbonyl (C=O) groups excluding carboxylic acids is 1. The summed E-state index contributed by atoms with van der Waals surface area (Å²) < 4.78 is 7.96. The van der Waals surface area contributed by atoms with Crippen molar-refractivity contribution in [2.75, 3.05) is 6.54 Å². The number of hydrogen-bond donors (Lipinski definition) is 0. The van der Waals surface area contributed by atoms with Gasteiger partial charge in [0.1, 0.15) is 0 Å². The zero-order valence-corrected chi connectivity index (χ0v) is 16.6. The largest absolute Gasteiger partial charge is 0.421 e. The molecule has 0 N–H and O–H groups in total. The summed E-state index contributed by atoms with van der Waals surface area (Å²) in [5, 5.41) is 12.1. The molecule has 29 heavy (non-hydrogen) atoms. The molecule has 0 aliphatic carbocycles. The Morgan fingerprint density at radius 3 is 2.83 bits per heavy atom. The molecule has 0 unspecified atom stereocenters. The fourth-order valence-corrected chi connectivity index (χ4v) is 4.48. The van der Waals surface area contributed by atoms with Crippen LogP contribution < -0.4 is 0 Å². The van der Waals surface area contributed by atoms with E-state index in [-0.39, 0.29) is 11.9 Å². The maximum absolute atomic E-state index is 13.2. The molecule has 4 aromatic rings. The van der Waals surface area contributed by atoms with Gasteiger partial charge in [0.15, 0.2) is 0 Å². The summed E-state index contributed by atoms with van der Waals surface area (Å²) in [5.74, 6) is 1.10. The van der Waals surface area contributed by atoms with Gasteiger partial charge in [-0.1, -0.05) is 30.3 Å². The van der Waals surface area contributed by atoms with Crippen molar-refractivity contribution in [2.45, 2.75) is 25.4 Å². The average molecular weight is 404 g/mol. The second-order valence-corrected chi connectivity index (χ2v) is 7.82. The van der Waals surface area contributed by atoms with Gasteiger partial charge in [-0.05, 0) is 29.1 Å². The van der Waals surface area contributed by atoms with Gasteiger partial charge in [-0.2, -0.15) is 11.3 Å². The molecule has 1 amide bonds. The normalized spacial score (nSPS) is 16.0.